The highest BCUT2D eigenvalue weighted by molar-refractivity contribution is 5.95. The number of amides is 1. The molecular formula is C18H20N6O. The van der Waals surface area contributed by atoms with E-state index in [1.807, 2.05) is 30.3 Å². The standard InChI is InChI=1S/C18H20N6O/c1-12(2)3-6-17(25)20-16-5-4-14(13-7-9-19-10-8-13)11-15(16)18-21-23-24-22-18/h4-5,7-12H,3,6H2,1-2H3,(H,20,25)(H,21,22,23,24). The molecule has 2 aromatic heterocycles. The van der Waals surface area contributed by atoms with Crippen molar-refractivity contribution in [2.45, 2.75) is 26.7 Å². The van der Waals surface area contributed by atoms with E-state index < -0.39 is 0 Å². The van der Waals surface area contributed by atoms with Gasteiger partial charge in [0.15, 0.2) is 0 Å². The van der Waals surface area contributed by atoms with E-state index in [2.05, 4.69) is 44.8 Å². The number of rotatable bonds is 6. The maximum absolute atomic E-state index is 12.2. The van der Waals surface area contributed by atoms with Gasteiger partial charge in [0.25, 0.3) is 0 Å². The Morgan fingerprint density at radius 3 is 2.64 bits per heavy atom. The lowest BCUT2D eigenvalue weighted by atomic mass is 10.0. The molecule has 0 saturated heterocycles. The predicted molar refractivity (Wildman–Crippen MR) is 95.5 cm³/mol. The van der Waals surface area contributed by atoms with Crippen LogP contribution in [0.2, 0.25) is 0 Å². The average molecular weight is 336 g/mol. The molecule has 1 amide bonds. The molecule has 0 bridgehead atoms. The lowest BCUT2D eigenvalue weighted by molar-refractivity contribution is -0.116. The van der Waals surface area contributed by atoms with Crippen LogP contribution in [-0.2, 0) is 4.79 Å². The lowest BCUT2D eigenvalue weighted by Crippen LogP contribution is -2.13. The van der Waals surface area contributed by atoms with Gasteiger partial charge in [0.1, 0.15) is 0 Å². The summed E-state index contributed by atoms with van der Waals surface area (Å²) < 4.78 is 0. The van der Waals surface area contributed by atoms with Gasteiger partial charge in [-0.3, -0.25) is 9.78 Å². The zero-order valence-electron chi connectivity index (χ0n) is 14.2. The largest absolute Gasteiger partial charge is 0.325 e. The maximum Gasteiger partial charge on any atom is 0.224 e. The molecule has 2 N–H and O–H groups in total. The van der Waals surface area contributed by atoms with Gasteiger partial charge >= 0.3 is 0 Å². The van der Waals surface area contributed by atoms with Crippen LogP contribution >= 0.6 is 0 Å². The molecule has 3 aromatic rings. The van der Waals surface area contributed by atoms with Crippen LogP contribution in [-0.4, -0.2) is 31.5 Å². The first-order valence-electron chi connectivity index (χ1n) is 8.21. The third kappa shape index (κ3) is 4.26. The van der Waals surface area contributed by atoms with Gasteiger partial charge in [-0.2, -0.15) is 5.21 Å². The Hall–Kier alpha value is -3.09. The van der Waals surface area contributed by atoms with E-state index >= 15 is 0 Å². The molecule has 0 aliphatic carbocycles. The van der Waals surface area contributed by atoms with E-state index in [1.165, 1.54) is 0 Å². The molecule has 0 aliphatic heterocycles. The number of aromatic nitrogens is 5. The van der Waals surface area contributed by atoms with Crippen LogP contribution < -0.4 is 5.32 Å². The summed E-state index contributed by atoms with van der Waals surface area (Å²) in [5.74, 6) is 0.904. The zero-order chi connectivity index (χ0) is 17.6. The van der Waals surface area contributed by atoms with Crippen molar-refractivity contribution < 1.29 is 4.79 Å². The fraction of sp³-hybridized carbons (Fsp3) is 0.278. The van der Waals surface area contributed by atoms with E-state index in [0.29, 0.717) is 23.9 Å². The van der Waals surface area contributed by atoms with Crippen LogP contribution in [0.4, 0.5) is 5.69 Å². The number of nitrogens with zero attached hydrogens (tertiary/aromatic N) is 4. The van der Waals surface area contributed by atoms with Crippen LogP contribution in [0.25, 0.3) is 22.5 Å². The normalized spacial score (nSPS) is 10.8. The van der Waals surface area contributed by atoms with Crippen molar-refractivity contribution in [1.82, 2.24) is 25.6 Å². The molecule has 0 unspecified atom stereocenters. The van der Waals surface area contributed by atoms with Crippen LogP contribution in [0.1, 0.15) is 26.7 Å². The van der Waals surface area contributed by atoms with Gasteiger partial charge in [-0.1, -0.05) is 19.9 Å². The van der Waals surface area contributed by atoms with Crippen molar-refractivity contribution in [3.8, 4) is 22.5 Å². The number of tetrazole rings is 1. The second-order valence-electron chi connectivity index (χ2n) is 6.21. The van der Waals surface area contributed by atoms with Crippen LogP contribution in [0, 0.1) is 5.92 Å². The summed E-state index contributed by atoms with van der Waals surface area (Å²) in [4.78, 5) is 16.2. The minimum Gasteiger partial charge on any atom is -0.325 e. The molecule has 0 spiro atoms. The highest BCUT2D eigenvalue weighted by Crippen LogP contribution is 2.30. The summed E-state index contributed by atoms with van der Waals surface area (Å²) in [6, 6.07) is 9.62. The maximum atomic E-state index is 12.2. The van der Waals surface area contributed by atoms with Crippen molar-refractivity contribution in [1.29, 1.82) is 0 Å². The number of H-pyrrole nitrogens is 1. The molecule has 7 nitrogen and oxygen atoms in total. The minimum absolute atomic E-state index is 0.0184. The molecule has 128 valence electrons. The topological polar surface area (TPSA) is 96.5 Å². The summed E-state index contributed by atoms with van der Waals surface area (Å²) in [6.45, 7) is 4.20. The zero-order valence-corrected chi connectivity index (χ0v) is 14.2. The molecule has 7 heteroatoms. The molecule has 2 heterocycles. The summed E-state index contributed by atoms with van der Waals surface area (Å²) in [5.41, 5.74) is 3.41. The third-order valence-corrected chi connectivity index (χ3v) is 3.84. The van der Waals surface area contributed by atoms with Gasteiger partial charge in [0.2, 0.25) is 11.7 Å². The molecule has 0 fully saturated rings. The number of hydrogen-bond donors (Lipinski definition) is 2. The highest BCUT2D eigenvalue weighted by atomic mass is 16.1. The highest BCUT2D eigenvalue weighted by Gasteiger charge is 2.14. The molecule has 0 aliphatic rings. The quantitative estimate of drug-likeness (QED) is 0.720. The molecule has 3 rings (SSSR count). The summed E-state index contributed by atoms with van der Waals surface area (Å²) in [6.07, 6.45) is 4.81. The van der Waals surface area contributed by atoms with Gasteiger partial charge in [-0.25, -0.2) is 0 Å². The van der Waals surface area contributed by atoms with Crippen molar-refractivity contribution in [3.63, 3.8) is 0 Å². The van der Waals surface area contributed by atoms with Crippen molar-refractivity contribution in [3.05, 3.63) is 42.7 Å². The lowest BCUT2D eigenvalue weighted by Gasteiger charge is -2.12. The summed E-state index contributed by atoms with van der Waals surface area (Å²) >= 11 is 0. The number of pyridine rings is 1. The first kappa shape index (κ1) is 16.8. The summed E-state index contributed by atoms with van der Waals surface area (Å²) in [7, 11) is 0. The van der Waals surface area contributed by atoms with Crippen molar-refractivity contribution >= 4 is 11.6 Å². The second-order valence-corrected chi connectivity index (χ2v) is 6.21. The predicted octanol–water partition coefficient (Wildman–Crippen LogP) is 3.30. The van der Waals surface area contributed by atoms with E-state index in [0.717, 1.165) is 23.1 Å². The Kier molecular flexibility index (Phi) is 5.13. The molecule has 1 aromatic carbocycles. The number of nitrogens with one attached hydrogen (secondary N) is 2. The smallest absolute Gasteiger partial charge is 0.224 e. The van der Waals surface area contributed by atoms with Gasteiger partial charge < -0.3 is 5.32 Å². The van der Waals surface area contributed by atoms with Gasteiger partial charge in [0.05, 0.1) is 5.69 Å². The monoisotopic (exact) mass is 336 g/mol. The van der Waals surface area contributed by atoms with Crippen molar-refractivity contribution in [2.24, 2.45) is 5.92 Å². The average Bonchev–Trinajstić information content (AvgIpc) is 3.15. The van der Waals surface area contributed by atoms with Gasteiger partial charge in [0, 0.05) is 24.4 Å². The summed E-state index contributed by atoms with van der Waals surface area (Å²) in [5, 5.41) is 17.1. The minimum atomic E-state index is -0.0184. The first-order chi connectivity index (χ1) is 12.1. The molecule has 25 heavy (non-hydrogen) atoms. The van der Waals surface area contributed by atoms with Gasteiger partial charge in [-0.05, 0) is 52.9 Å². The fourth-order valence-corrected chi connectivity index (χ4v) is 2.47. The van der Waals surface area contributed by atoms with E-state index in [1.54, 1.807) is 12.4 Å². The van der Waals surface area contributed by atoms with E-state index in [-0.39, 0.29) is 5.91 Å². The van der Waals surface area contributed by atoms with Crippen LogP contribution in [0.3, 0.4) is 0 Å². The van der Waals surface area contributed by atoms with E-state index in [4.69, 9.17) is 0 Å². The number of benzene rings is 1. The molecule has 0 saturated carbocycles. The number of carbonyl (C=O) groups is 1. The SMILES string of the molecule is CC(C)CCC(=O)Nc1ccc(-c2ccncc2)cc1-c1nn[nH]n1. The van der Waals surface area contributed by atoms with Crippen LogP contribution in [0.5, 0.6) is 0 Å². The van der Waals surface area contributed by atoms with Gasteiger partial charge in [-0.15, -0.1) is 10.2 Å². The Morgan fingerprint density at radius 1 is 1.16 bits per heavy atom. The molecule has 0 radical (unpaired) electrons. The van der Waals surface area contributed by atoms with Crippen LogP contribution in [0.15, 0.2) is 42.7 Å². The number of aromatic amines is 1. The first-order valence-corrected chi connectivity index (χ1v) is 8.21. The third-order valence-electron chi connectivity index (χ3n) is 3.84. The molecule has 0 atom stereocenters. The fourth-order valence-electron chi connectivity index (χ4n) is 2.47. The second kappa shape index (κ2) is 7.65. The number of hydrogen-bond acceptors (Lipinski definition) is 5. The molecular weight excluding hydrogens is 316 g/mol. The Bertz CT molecular complexity index is 830. The number of carbonyl (C=O) groups excluding carboxylic acids is 1. The Balaban J connectivity index is 1.91. The Morgan fingerprint density at radius 2 is 1.96 bits per heavy atom. The Labute approximate surface area is 145 Å². The van der Waals surface area contributed by atoms with Crippen molar-refractivity contribution in [2.75, 3.05) is 5.32 Å². The number of anilines is 1. The van der Waals surface area contributed by atoms with E-state index in [9.17, 15) is 4.79 Å².